The largest absolute Gasteiger partial charge is 0.399 e. The molecule has 100 valence electrons. The van der Waals surface area contributed by atoms with Crippen molar-refractivity contribution in [2.24, 2.45) is 0 Å². The van der Waals surface area contributed by atoms with Gasteiger partial charge in [-0.05, 0) is 31.4 Å². The van der Waals surface area contributed by atoms with Gasteiger partial charge in [0.15, 0.2) is 5.82 Å². The van der Waals surface area contributed by atoms with Gasteiger partial charge in [-0.2, -0.15) is 5.10 Å². The van der Waals surface area contributed by atoms with Crippen LogP contribution in [0.15, 0.2) is 30.6 Å². The summed E-state index contributed by atoms with van der Waals surface area (Å²) >= 11 is 0. The number of aryl methyl sites for hydroxylation is 1. The van der Waals surface area contributed by atoms with Crippen LogP contribution in [0.5, 0.6) is 0 Å². The third-order valence-corrected chi connectivity index (χ3v) is 3.39. The van der Waals surface area contributed by atoms with Crippen molar-refractivity contribution in [3.63, 3.8) is 0 Å². The summed E-state index contributed by atoms with van der Waals surface area (Å²) in [5.74, 6) is 0.722. The van der Waals surface area contributed by atoms with E-state index in [1.807, 2.05) is 28.9 Å². The molecule has 1 unspecified atom stereocenters. The molecule has 1 saturated heterocycles. The van der Waals surface area contributed by atoms with Crippen LogP contribution >= 0.6 is 0 Å². The predicted molar refractivity (Wildman–Crippen MR) is 73.5 cm³/mol. The number of benzene rings is 1. The molecule has 1 aromatic carbocycles. The summed E-state index contributed by atoms with van der Waals surface area (Å²) in [7, 11) is 0. The summed E-state index contributed by atoms with van der Waals surface area (Å²) in [5, 5.41) is 4.48. The molecule has 0 spiro atoms. The summed E-state index contributed by atoms with van der Waals surface area (Å²) < 4.78 is 7.48. The van der Waals surface area contributed by atoms with Crippen LogP contribution in [-0.4, -0.2) is 27.5 Å². The molecule has 5 heteroatoms. The maximum atomic E-state index is 5.77. The monoisotopic (exact) mass is 258 g/mol. The van der Waals surface area contributed by atoms with Crippen LogP contribution in [0, 0.1) is 0 Å². The molecule has 1 atom stereocenters. The Morgan fingerprint density at radius 3 is 3.16 bits per heavy atom. The van der Waals surface area contributed by atoms with Crippen LogP contribution in [0.2, 0.25) is 0 Å². The third kappa shape index (κ3) is 2.93. The highest BCUT2D eigenvalue weighted by Crippen LogP contribution is 2.18. The Balaban J connectivity index is 1.65. The zero-order valence-electron chi connectivity index (χ0n) is 10.8. The minimum atomic E-state index is 0.389. The molecule has 2 heterocycles. The SMILES string of the molecule is Nc1cccc(-c2ncn(CCC3CCCO3)n2)c1. The van der Waals surface area contributed by atoms with E-state index in [4.69, 9.17) is 10.5 Å². The fourth-order valence-corrected chi connectivity index (χ4v) is 2.36. The number of nitrogen functional groups attached to an aromatic ring is 1. The van der Waals surface area contributed by atoms with E-state index in [1.165, 1.54) is 6.42 Å². The lowest BCUT2D eigenvalue weighted by Gasteiger charge is -2.07. The van der Waals surface area contributed by atoms with E-state index in [0.29, 0.717) is 6.10 Å². The highest BCUT2D eigenvalue weighted by Gasteiger charge is 2.15. The number of hydrogen-bond acceptors (Lipinski definition) is 4. The lowest BCUT2D eigenvalue weighted by molar-refractivity contribution is 0.0994. The molecule has 19 heavy (non-hydrogen) atoms. The van der Waals surface area contributed by atoms with Gasteiger partial charge >= 0.3 is 0 Å². The molecule has 0 bridgehead atoms. The first-order valence-corrected chi connectivity index (χ1v) is 6.68. The van der Waals surface area contributed by atoms with E-state index >= 15 is 0 Å². The van der Waals surface area contributed by atoms with Gasteiger partial charge in [-0.3, -0.25) is 4.68 Å². The minimum absolute atomic E-state index is 0.389. The molecule has 1 fully saturated rings. The van der Waals surface area contributed by atoms with Crippen molar-refractivity contribution >= 4 is 5.69 Å². The van der Waals surface area contributed by atoms with Gasteiger partial charge in [0.2, 0.25) is 0 Å². The molecule has 1 aliphatic heterocycles. The van der Waals surface area contributed by atoms with Gasteiger partial charge in [0.05, 0.1) is 6.10 Å². The van der Waals surface area contributed by atoms with E-state index < -0.39 is 0 Å². The van der Waals surface area contributed by atoms with Gasteiger partial charge < -0.3 is 10.5 Å². The Bertz CT molecular complexity index is 546. The highest BCUT2D eigenvalue weighted by atomic mass is 16.5. The molecular formula is C14H18N4O. The van der Waals surface area contributed by atoms with Crippen molar-refractivity contribution in [3.8, 4) is 11.4 Å². The number of nitrogens with two attached hydrogens (primary N) is 1. The lowest BCUT2D eigenvalue weighted by atomic mass is 10.2. The van der Waals surface area contributed by atoms with Crippen LogP contribution in [0.4, 0.5) is 5.69 Å². The zero-order valence-corrected chi connectivity index (χ0v) is 10.8. The van der Waals surface area contributed by atoms with Gasteiger partial charge in [0.1, 0.15) is 6.33 Å². The van der Waals surface area contributed by atoms with Crippen LogP contribution in [0.25, 0.3) is 11.4 Å². The second kappa shape index (κ2) is 5.40. The van der Waals surface area contributed by atoms with Crippen molar-refractivity contribution in [2.75, 3.05) is 12.3 Å². The van der Waals surface area contributed by atoms with Crippen LogP contribution in [0.3, 0.4) is 0 Å². The normalized spacial score (nSPS) is 18.8. The van der Waals surface area contributed by atoms with E-state index in [9.17, 15) is 0 Å². The van der Waals surface area contributed by atoms with Gasteiger partial charge in [0, 0.05) is 24.4 Å². The number of hydrogen-bond donors (Lipinski definition) is 1. The van der Waals surface area contributed by atoms with Gasteiger partial charge in [-0.15, -0.1) is 0 Å². The van der Waals surface area contributed by atoms with E-state index in [-0.39, 0.29) is 0 Å². The van der Waals surface area contributed by atoms with Crippen molar-refractivity contribution < 1.29 is 4.74 Å². The number of rotatable bonds is 4. The summed E-state index contributed by atoms with van der Waals surface area (Å²) in [5.41, 5.74) is 7.45. The fraction of sp³-hybridized carbons (Fsp3) is 0.429. The second-order valence-electron chi connectivity index (χ2n) is 4.88. The van der Waals surface area contributed by atoms with Crippen molar-refractivity contribution in [1.82, 2.24) is 14.8 Å². The molecular weight excluding hydrogens is 240 g/mol. The fourth-order valence-electron chi connectivity index (χ4n) is 2.36. The van der Waals surface area contributed by atoms with Crippen molar-refractivity contribution in [2.45, 2.75) is 31.9 Å². The summed E-state index contributed by atoms with van der Waals surface area (Å²) in [6.45, 7) is 1.75. The molecule has 0 radical (unpaired) electrons. The molecule has 0 amide bonds. The van der Waals surface area contributed by atoms with Crippen molar-refractivity contribution in [1.29, 1.82) is 0 Å². The quantitative estimate of drug-likeness (QED) is 0.853. The van der Waals surface area contributed by atoms with Crippen LogP contribution in [-0.2, 0) is 11.3 Å². The standard InChI is InChI=1S/C14H18N4O/c15-12-4-1-3-11(9-12)14-16-10-18(17-14)7-6-13-5-2-8-19-13/h1,3-4,9-10,13H,2,5-8,15H2. The van der Waals surface area contributed by atoms with Crippen LogP contribution in [0.1, 0.15) is 19.3 Å². The predicted octanol–water partition coefficient (Wildman–Crippen LogP) is 2.10. The van der Waals surface area contributed by atoms with E-state index in [2.05, 4.69) is 10.1 Å². The average Bonchev–Trinajstić information content (AvgIpc) is 3.08. The molecule has 2 aromatic rings. The van der Waals surface area contributed by atoms with Crippen LogP contribution < -0.4 is 5.73 Å². The summed E-state index contributed by atoms with van der Waals surface area (Å²) in [4.78, 5) is 4.33. The summed E-state index contributed by atoms with van der Waals surface area (Å²) in [6.07, 6.45) is 5.50. The molecule has 1 aromatic heterocycles. The second-order valence-corrected chi connectivity index (χ2v) is 4.88. The Morgan fingerprint density at radius 2 is 2.37 bits per heavy atom. The highest BCUT2D eigenvalue weighted by molar-refractivity contribution is 5.60. The van der Waals surface area contributed by atoms with Gasteiger partial charge in [-0.1, -0.05) is 12.1 Å². The first-order valence-electron chi connectivity index (χ1n) is 6.68. The average molecular weight is 258 g/mol. The lowest BCUT2D eigenvalue weighted by Crippen LogP contribution is -2.10. The third-order valence-electron chi connectivity index (χ3n) is 3.39. The minimum Gasteiger partial charge on any atom is -0.399 e. The zero-order chi connectivity index (χ0) is 13.1. The van der Waals surface area contributed by atoms with Crippen molar-refractivity contribution in [3.05, 3.63) is 30.6 Å². The molecule has 2 N–H and O–H groups in total. The molecule has 0 saturated carbocycles. The Morgan fingerprint density at radius 1 is 1.42 bits per heavy atom. The van der Waals surface area contributed by atoms with Gasteiger partial charge in [0.25, 0.3) is 0 Å². The van der Waals surface area contributed by atoms with E-state index in [0.717, 1.165) is 43.1 Å². The van der Waals surface area contributed by atoms with Gasteiger partial charge in [-0.25, -0.2) is 4.98 Å². The first-order chi connectivity index (χ1) is 9.31. The molecule has 0 aliphatic carbocycles. The number of ether oxygens (including phenoxy) is 1. The Hall–Kier alpha value is -1.88. The van der Waals surface area contributed by atoms with E-state index in [1.54, 1.807) is 6.33 Å². The molecule has 3 rings (SSSR count). The first kappa shape index (κ1) is 12.2. The molecule has 1 aliphatic rings. The number of anilines is 1. The maximum Gasteiger partial charge on any atom is 0.181 e. The number of nitrogens with zero attached hydrogens (tertiary/aromatic N) is 3. The smallest absolute Gasteiger partial charge is 0.181 e. The number of aromatic nitrogens is 3. The maximum absolute atomic E-state index is 5.77. The topological polar surface area (TPSA) is 66.0 Å². The summed E-state index contributed by atoms with van der Waals surface area (Å²) in [6, 6.07) is 7.63. The Kier molecular flexibility index (Phi) is 3.46. The Labute approximate surface area is 112 Å². The molecule has 5 nitrogen and oxygen atoms in total.